The number of phenols is 1. The molecule has 0 radical (unpaired) electrons. The van der Waals surface area contributed by atoms with Gasteiger partial charge < -0.3 is 25.4 Å². The van der Waals surface area contributed by atoms with Crippen LogP contribution in [0.2, 0.25) is 0 Å². The number of aromatic hydroxyl groups is 1. The molecule has 1 aromatic carbocycles. The molecular weight excluding hydrogens is 314 g/mol. The number of anilines is 1. The average molecular weight is 335 g/mol. The van der Waals surface area contributed by atoms with E-state index in [1.807, 2.05) is 0 Å². The molecule has 8 nitrogen and oxygen atoms in total. The second-order valence-corrected chi connectivity index (χ2v) is 5.40. The normalized spacial score (nSPS) is 14.8. The third-order valence-electron chi connectivity index (χ3n) is 3.71. The zero-order valence-corrected chi connectivity index (χ0v) is 13.4. The van der Waals surface area contributed by atoms with Crippen molar-refractivity contribution >= 4 is 23.6 Å². The van der Waals surface area contributed by atoms with E-state index in [1.54, 1.807) is 24.0 Å². The summed E-state index contributed by atoms with van der Waals surface area (Å²) in [4.78, 5) is 37.0. The lowest BCUT2D eigenvalue weighted by Gasteiger charge is -2.31. The van der Waals surface area contributed by atoms with E-state index in [-0.39, 0.29) is 23.6 Å². The highest BCUT2D eigenvalue weighted by atomic mass is 16.6. The van der Waals surface area contributed by atoms with Crippen LogP contribution in [0.5, 0.6) is 5.75 Å². The Morgan fingerprint density at radius 1 is 1.21 bits per heavy atom. The summed E-state index contributed by atoms with van der Waals surface area (Å²) in [6, 6.07) is 5.98. The van der Waals surface area contributed by atoms with Crippen LogP contribution in [0, 0.1) is 0 Å². The van der Waals surface area contributed by atoms with Gasteiger partial charge >= 0.3 is 17.9 Å². The number of hydrogen-bond donors (Lipinski definition) is 3. The molecule has 0 aliphatic carbocycles. The van der Waals surface area contributed by atoms with E-state index >= 15 is 0 Å². The van der Waals surface area contributed by atoms with Crippen LogP contribution in [-0.4, -0.2) is 53.7 Å². The molecule has 1 fully saturated rings. The van der Waals surface area contributed by atoms with Crippen molar-refractivity contribution in [3.63, 3.8) is 0 Å². The van der Waals surface area contributed by atoms with Gasteiger partial charge in [-0.05, 0) is 31.9 Å². The fourth-order valence-electron chi connectivity index (χ4n) is 2.43. The first-order valence-electron chi connectivity index (χ1n) is 7.82. The van der Waals surface area contributed by atoms with Crippen LogP contribution >= 0.6 is 0 Å². The van der Waals surface area contributed by atoms with Crippen molar-refractivity contribution in [3.8, 4) is 5.75 Å². The maximum absolute atomic E-state index is 11.9. The number of hydrogen-bond acceptors (Lipinski definition) is 5. The Labute approximate surface area is 139 Å². The molecule has 0 bridgehead atoms. The van der Waals surface area contributed by atoms with Gasteiger partial charge in [0.1, 0.15) is 5.75 Å². The number of ether oxygens (including phenoxy) is 1. The molecule has 0 aromatic heterocycles. The number of benzene rings is 1. The van der Waals surface area contributed by atoms with E-state index in [4.69, 9.17) is 4.74 Å². The second kappa shape index (κ2) is 8.19. The number of nitrogens with one attached hydrogen (secondary N) is 2. The Bertz CT molecular complexity index is 611. The van der Waals surface area contributed by atoms with Crippen LogP contribution in [0.25, 0.3) is 0 Å². The van der Waals surface area contributed by atoms with Gasteiger partial charge in [-0.15, -0.1) is 0 Å². The molecule has 0 atom stereocenters. The number of carbonyl (C=O) groups excluding carboxylic acids is 3. The second-order valence-electron chi connectivity index (χ2n) is 5.40. The van der Waals surface area contributed by atoms with E-state index < -0.39 is 11.8 Å². The van der Waals surface area contributed by atoms with Crippen molar-refractivity contribution in [2.45, 2.75) is 25.8 Å². The Kier molecular flexibility index (Phi) is 6.00. The fourth-order valence-corrected chi connectivity index (χ4v) is 2.43. The molecule has 0 spiro atoms. The highest BCUT2D eigenvalue weighted by Crippen LogP contribution is 2.21. The van der Waals surface area contributed by atoms with Crippen molar-refractivity contribution in [1.29, 1.82) is 0 Å². The van der Waals surface area contributed by atoms with Gasteiger partial charge in [-0.25, -0.2) is 4.79 Å². The number of phenolic OH excluding ortho intramolecular Hbond substituents is 1. The Morgan fingerprint density at radius 2 is 1.88 bits per heavy atom. The molecule has 1 aliphatic heterocycles. The molecule has 3 N–H and O–H groups in total. The lowest BCUT2D eigenvalue weighted by Crippen LogP contribution is -2.49. The first kappa shape index (κ1) is 17.6. The number of piperidine rings is 1. The summed E-state index contributed by atoms with van der Waals surface area (Å²) in [6.45, 7) is 2.99. The van der Waals surface area contributed by atoms with Gasteiger partial charge in [0.25, 0.3) is 0 Å². The first-order valence-corrected chi connectivity index (χ1v) is 7.82. The molecule has 2 rings (SSSR count). The molecule has 1 saturated heterocycles. The van der Waals surface area contributed by atoms with Gasteiger partial charge in [0.2, 0.25) is 0 Å². The smallest absolute Gasteiger partial charge is 0.409 e. The quantitative estimate of drug-likeness (QED) is 0.566. The Morgan fingerprint density at radius 3 is 2.50 bits per heavy atom. The minimum absolute atomic E-state index is 0.110. The average Bonchev–Trinajstić information content (AvgIpc) is 2.57. The zero-order valence-electron chi connectivity index (χ0n) is 13.4. The number of likely N-dealkylation sites (tertiary alicyclic amines) is 1. The largest absolute Gasteiger partial charge is 0.506 e. The molecule has 1 aliphatic rings. The third kappa shape index (κ3) is 4.61. The van der Waals surface area contributed by atoms with Gasteiger partial charge in [0.15, 0.2) is 0 Å². The SMILES string of the molecule is CCOC(=O)N1CCC(NC(=O)C(=O)Nc2ccccc2O)CC1. The van der Waals surface area contributed by atoms with E-state index in [0.717, 1.165) is 0 Å². The maximum Gasteiger partial charge on any atom is 0.409 e. The number of para-hydroxylation sites is 2. The standard InChI is InChI=1S/C16H21N3O5/c1-2-24-16(23)19-9-7-11(8-10-19)17-14(21)15(22)18-12-5-3-4-6-13(12)20/h3-6,11,20H,2,7-10H2,1H3,(H,17,21)(H,18,22). The molecule has 24 heavy (non-hydrogen) atoms. The summed E-state index contributed by atoms with van der Waals surface area (Å²) in [7, 11) is 0. The van der Waals surface area contributed by atoms with E-state index in [0.29, 0.717) is 32.5 Å². The van der Waals surface area contributed by atoms with Crippen LogP contribution in [0.3, 0.4) is 0 Å². The molecule has 0 saturated carbocycles. The third-order valence-corrected chi connectivity index (χ3v) is 3.71. The van der Waals surface area contributed by atoms with Crippen molar-refractivity contribution < 1.29 is 24.2 Å². The summed E-state index contributed by atoms with van der Waals surface area (Å²) >= 11 is 0. The molecule has 130 valence electrons. The molecule has 0 unspecified atom stereocenters. The van der Waals surface area contributed by atoms with Crippen LogP contribution in [0.1, 0.15) is 19.8 Å². The lowest BCUT2D eigenvalue weighted by molar-refractivity contribution is -0.136. The van der Waals surface area contributed by atoms with Gasteiger partial charge in [0, 0.05) is 19.1 Å². The highest BCUT2D eigenvalue weighted by molar-refractivity contribution is 6.39. The number of nitrogens with zero attached hydrogens (tertiary/aromatic N) is 1. The summed E-state index contributed by atoms with van der Waals surface area (Å²) in [6.07, 6.45) is 0.739. The monoisotopic (exact) mass is 335 g/mol. The molecule has 1 heterocycles. The Hall–Kier alpha value is -2.77. The van der Waals surface area contributed by atoms with Crippen LogP contribution in [0.15, 0.2) is 24.3 Å². The van der Waals surface area contributed by atoms with E-state index in [2.05, 4.69) is 10.6 Å². The van der Waals surface area contributed by atoms with Crippen molar-refractivity contribution in [3.05, 3.63) is 24.3 Å². The lowest BCUT2D eigenvalue weighted by atomic mass is 10.1. The Balaban J connectivity index is 1.80. The predicted molar refractivity (Wildman–Crippen MR) is 86.5 cm³/mol. The van der Waals surface area contributed by atoms with Crippen LogP contribution < -0.4 is 10.6 Å². The van der Waals surface area contributed by atoms with Gasteiger partial charge in [-0.1, -0.05) is 12.1 Å². The number of rotatable bonds is 3. The predicted octanol–water partition coefficient (Wildman–Crippen LogP) is 1.07. The van der Waals surface area contributed by atoms with Gasteiger partial charge in [0.05, 0.1) is 12.3 Å². The summed E-state index contributed by atoms with van der Waals surface area (Å²) in [5.74, 6) is -1.72. The molecular formula is C16H21N3O5. The minimum Gasteiger partial charge on any atom is -0.506 e. The van der Waals surface area contributed by atoms with E-state index in [9.17, 15) is 19.5 Å². The number of amides is 3. The fraction of sp³-hybridized carbons (Fsp3) is 0.438. The van der Waals surface area contributed by atoms with Crippen LogP contribution in [0.4, 0.5) is 10.5 Å². The molecule has 3 amide bonds. The molecule has 8 heteroatoms. The highest BCUT2D eigenvalue weighted by Gasteiger charge is 2.26. The number of carbonyl (C=O) groups is 3. The van der Waals surface area contributed by atoms with Gasteiger partial charge in [-0.2, -0.15) is 0 Å². The van der Waals surface area contributed by atoms with Crippen LogP contribution in [-0.2, 0) is 14.3 Å². The topological polar surface area (TPSA) is 108 Å². The van der Waals surface area contributed by atoms with Crippen molar-refractivity contribution in [1.82, 2.24) is 10.2 Å². The summed E-state index contributed by atoms with van der Waals surface area (Å²) in [5.41, 5.74) is 0.176. The maximum atomic E-state index is 11.9. The van der Waals surface area contributed by atoms with Crippen molar-refractivity contribution in [2.75, 3.05) is 25.0 Å². The summed E-state index contributed by atoms with van der Waals surface area (Å²) in [5, 5.41) is 14.6. The summed E-state index contributed by atoms with van der Waals surface area (Å²) < 4.78 is 4.93. The van der Waals surface area contributed by atoms with Gasteiger partial charge in [-0.3, -0.25) is 9.59 Å². The van der Waals surface area contributed by atoms with E-state index in [1.165, 1.54) is 12.1 Å². The minimum atomic E-state index is -0.843. The zero-order chi connectivity index (χ0) is 17.5. The van der Waals surface area contributed by atoms with Crippen molar-refractivity contribution in [2.24, 2.45) is 0 Å². The first-order chi connectivity index (χ1) is 11.5. The molecule has 1 aromatic rings.